The van der Waals surface area contributed by atoms with Crippen molar-refractivity contribution in [2.75, 3.05) is 32.5 Å². The summed E-state index contributed by atoms with van der Waals surface area (Å²) in [5.74, 6) is -0.0429. The van der Waals surface area contributed by atoms with Gasteiger partial charge in [0.2, 0.25) is 10.0 Å². The topological polar surface area (TPSA) is 75.7 Å². The van der Waals surface area contributed by atoms with Crippen LogP contribution in [0.5, 0.6) is 5.75 Å². The summed E-state index contributed by atoms with van der Waals surface area (Å²) in [6.07, 6.45) is 2.58. The Labute approximate surface area is 146 Å². The number of nitrogens with zero attached hydrogens (tertiary/aromatic N) is 1. The summed E-state index contributed by atoms with van der Waals surface area (Å²) in [6, 6.07) is 4.67. The van der Waals surface area contributed by atoms with E-state index < -0.39 is 10.0 Å². The molecule has 6 nitrogen and oxygen atoms in total. The minimum atomic E-state index is -3.34. The van der Waals surface area contributed by atoms with Gasteiger partial charge >= 0.3 is 0 Å². The van der Waals surface area contributed by atoms with Gasteiger partial charge in [0.1, 0.15) is 5.75 Å². The van der Waals surface area contributed by atoms with Crippen LogP contribution in [0.4, 0.5) is 0 Å². The molecule has 0 aliphatic heterocycles. The molecule has 9 heteroatoms. The minimum absolute atomic E-state index is 0.151. The van der Waals surface area contributed by atoms with Gasteiger partial charge in [0.25, 0.3) is 5.91 Å². The molecule has 0 atom stereocenters. The maximum Gasteiger partial charge on any atom is 0.257 e. The van der Waals surface area contributed by atoms with Crippen molar-refractivity contribution in [3.8, 4) is 5.75 Å². The molecule has 0 radical (unpaired) electrons. The van der Waals surface area contributed by atoms with Gasteiger partial charge in [0.15, 0.2) is 6.61 Å². The molecular weight excluding hydrogens is 363 g/mol. The average Bonchev–Trinajstić information content (AvgIpc) is 2.44. The lowest BCUT2D eigenvalue weighted by Crippen LogP contribution is -2.39. The van der Waals surface area contributed by atoms with Crippen molar-refractivity contribution in [3.05, 3.63) is 40.9 Å². The van der Waals surface area contributed by atoms with Crippen LogP contribution in [0.1, 0.15) is 0 Å². The molecule has 0 heterocycles. The van der Waals surface area contributed by atoms with Crippen molar-refractivity contribution in [2.24, 2.45) is 0 Å². The molecule has 1 rings (SSSR count). The van der Waals surface area contributed by atoms with Crippen molar-refractivity contribution < 1.29 is 17.9 Å². The highest BCUT2D eigenvalue weighted by Crippen LogP contribution is 2.27. The van der Waals surface area contributed by atoms with Gasteiger partial charge in [0, 0.05) is 24.7 Å². The number of ether oxygens (including phenoxy) is 1. The summed E-state index contributed by atoms with van der Waals surface area (Å²) in [7, 11) is -3.34. The van der Waals surface area contributed by atoms with E-state index in [9.17, 15) is 13.2 Å². The lowest BCUT2D eigenvalue weighted by Gasteiger charge is -2.18. The van der Waals surface area contributed by atoms with Crippen molar-refractivity contribution in [2.45, 2.75) is 0 Å². The first kappa shape index (κ1) is 19.8. The van der Waals surface area contributed by atoms with E-state index in [-0.39, 0.29) is 32.1 Å². The van der Waals surface area contributed by atoms with Crippen LogP contribution in [0.3, 0.4) is 0 Å². The van der Waals surface area contributed by atoms with Crippen LogP contribution in [0.25, 0.3) is 0 Å². The number of hydrogen-bond acceptors (Lipinski definition) is 4. The van der Waals surface area contributed by atoms with Gasteiger partial charge in [-0.3, -0.25) is 4.79 Å². The molecule has 0 saturated heterocycles. The zero-order valence-electron chi connectivity index (χ0n) is 12.6. The highest BCUT2D eigenvalue weighted by molar-refractivity contribution is 7.88. The lowest BCUT2D eigenvalue weighted by atomic mass is 10.3. The second kappa shape index (κ2) is 9.12. The number of nitrogens with one attached hydrogen (secondary N) is 1. The molecule has 1 aromatic rings. The normalized spacial score (nSPS) is 11.3. The maximum absolute atomic E-state index is 11.7. The Balaban J connectivity index is 2.41. The van der Waals surface area contributed by atoms with Crippen LogP contribution in [-0.2, 0) is 14.8 Å². The first-order valence-corrected chi connectivity index (χ1v) is 9.25. The fourth-order valence-corrected chi connectivity index (χ4v) is 2.91. The molecule has 0 spiro atoms. The molecule has 0 bridgehead atoms. The van der Waals surface area contributed by atoms with E-state index in [1.54, 1.807) is 12.1 Å². The predicted molar refractivity (Wildman–Crippen MR) is 91.6 cm³/mol. The minimum Gasteiger partial charge on any atom is -0.482 e. The van der Waals surface area contributed by atoms with Gasteiger partial charge in [-0.15, -0.1) is 6.58 Å². The third-order valence-corrected chi connectivity index (χ3v) is 4.54. The quantitative estimate of drug-likeness (QED) is 0.664. The van der Waals surface area contributed by atoms with Gasteiger partial charge in [0.05, 0.1) is 11.3 Å². The highest BCUT2D eigenvalue weighted by atomic mass is 35.5. The van der Waals surface area contributed by atoms with E-state index in [2.05, 4.69) is 11.9 Å². The van der Waals surface area contributed by atoms with Crippen LogP contribution in [0.15, 0.2) is 30.9 Å². The summed E-state index contributed by atoms with van der Waals surface area (Å²) in [6.45, 7) is 3.77. The molecule has 0 unspecified atom stereocenters. The Kier molecular flexibility index (Phi) is 7.84. The Morgan fingerprint density at radius 2 is 2.13 bits per heavy atom. The Bertz CT molecular complexity index is 665. The number of carbonyl (C=O) groups is 1. The van der Waals surface area contributed by atoms with Crippen LogP contribution < -0.4 is 10.1 Å². The highest BCUT2D eigenvalue weighted by Gasteiger charge is 2.14. The number of amides is 1. The molecule has 1 aromatic carbocycles. The summed E-state index contributed by atoms with van der Waals surface area (Å²) >= 11 is 11.7. The van der Waals surface area contributed by atoms with Gasteiger partial charge in [-0.25, -0.2) is 8.42 Å². The average molecular weight is 381 g/mol. The van der Waals surface area contributed by atoms with E-state index in [1.165, 1.54) is 16.4 Å². The SMILES string of the molecule is C=CCN(CCNC(=O)COc1ccc(Cl)cc1Cl)S(C)(=O)=O. The second-order valence-electron chi connectivity index (χ2n) is 4.62. The van der Waals surface area contributed by atoms with Gasteiger partial charge in [-0.1, -0.05) is 29.3 Å². The van der Waals surface area contributed by atoms with E-state index in [0.29, 0.717) is 15.8 Å². The Hall–Kier alpha value is -1.28. The first-order valence-electron chi connectivity index (χ1n) is 6.64. The summed E-state index contributed by atoms with van der Waals surface area (Å²) in [5.41, 5.74) is 0. The van der Waals surface area contributed by atoms with Crippen LogP contribution >= 0.6 is 23.2 Å². The molecule has 0 fully saturated rings. The van der Waals surface area contributed by atoms with Crippen molar-refractivity contribution >= 4 is 39.1 Å². The van der Waals surface area contributed by atoms with Crippen molar-refractivity contribution in [1.82, 2.24) is 9.62 Å². The first-order chi connectivity index (χ1) is 10.7. The molecule has 0 saturated carbocycles. The van der Waals surface area contributed by atoms with E-state index in [4.69, 9.17) is 27.9 Å². The molecule has 128 valence electrons. The summed E-state index contributed by atoms with van der Waals surface area (Å²) in [5, 5.41) is 3.34. The van der Waals surface area contributed by atoms with Crippen LogP contribution in [0.2, 0.25) is 10.0 Å². The Morgan fingerprint density at radius 1 is 1.43 bits per heavy atom. The molecule has 23 heavy (non-hydrogen) atoms. The second-order valence-corrected chi connectivity index (χ2v) is 7.45. The van der Waals surface area contributed by atoms with Crippen molar-refractivity contribution in [3.63, 3.8) is 0 Å². The Morgan fingerprint density at radius 3 is 2.70 bits per heavy atom. The standard InChI is InChI=1S/C14H18Cl2N2O4S/c1-3-7-18(23(2,20)21)8-6-17-14(19)10-22-13-5-4-11(15)9-12(13)16/h3-5,9H,1,6-8,10H2,2H3,(H,17,19). The van der Waals surface area contributed by atoms with E-state index >= 15 is 0 Å². The molecular formula is C14H18Cl2N2O4S. The maximum atomic E-state index is 11.7. The molecule has 1 amide bonds. The smallest absolute Gasteiger partial charge is 0.257 e. The number of hydrogen-bond donors (Lipinski definition) is 1. The fourth-order valence-electron chi connectivity index (χ4n) is 1.64. The molecule has 0 aromatic heterocycles. The number of sulfonamides is 1. The molecule has 0 aliphatic carbocycles. The van der Waals surface area contributed by atoms with E-state index in [0.717, 1.165) is 6.26 Å². The number of halogens is 2. The zero-order chi connectivity index (χ0) is 17.5. The fraction of sp³-hybridized carbons (Fsp3) is 0.357. The molecule has 1 N–H and O–H groups in total. The third-order valence-electron chi connectivity index (χ3n) is 2.74. The van der Waals surface area contributed by atoms with Crippen molar-refractivity contribution in [1.29, 1.82) is 0 Å². The summed E-state index contributed by atoms with van der Waals surface area (Å²) < 4.78 is 29.5. The number of benzene rings is 1. The van der Waals surface area contributed by atoms with Crippen LogP contribution in [-0.4, -0.2) is 51.1 Å². The predicted octanol–water partition coefficient (Wildman–Crippen LogP) is 1.94. The monoisotopic (exact) mass is 380 g/mol. The number of rotatable bonds is 9. The third kappa shape index (κ3) is 7.22. The summed E-state index contributed by atoms with van der Waals surface area (Å²) in [4.78, 5) is 11.7. The largest absolute Gasteiger partial charge is 0.482 e. The number of carbonyl (C=O) groups excluding carboxylic acids is 1. The van der Waals surface area contributed by atoms with Gasteiger partial charge in [-0.05, 0) is 18.2 Å². The van der Waals surface area contributed by atoms with E-state index in [1.807, 2.05) is 0 Å². The van der Waals surface area contributed by atoms with Crippen LogP contribution in [0, 0.1) is 0 Å². The lowest BCUT2D eigenvalue weighted by molar-refractivity contribution is -0.123. The zero-order valence-corrected chi connectivity index (χ0v) is 14.9. The van der Waals surface area contributed by atoms with Gasteiger partial charge in [-0.2, -0.15) is 4.31 Å². The molecule has 0 aliphatic rings. The van der Waals surface area contributed by atoms with Gasteiger partial charge < -0.3 is 10.1 Å².